The molecule has 0 spiro atoms. The molecule has 0 saturated heterocycles. The van der Waals surface area contributed by atoms with Gasteiger partial charge in [0.2, 0.25) is 0 Å². The maximum Gasteiger partial charge on any atom is 0.164 e. The fourth-order valence-corrected chi connectivity index (χ4v) is 7.55. The lowest BCUT2D eigenvalue weighted by atomic mass is 9.83. The Morgan fingerprint density at radius 1 is 0.364 bits per heavy atom. The second-order valence-corrected chi connectivity index (χ2v) is 14.1. The molecule has 262 valence electrons. The number of rotatable bonds is 8. The van der Waals surface area contributed by atoms with E-state index in [0.717, 1.165) is 39.8 Å². The van der Waals surface area contributed by atoms with E-state index < -0.39 is 0 Å². The molecule has 0 aliphatic heterocycles. The molecule has 7 aromatic carbocycles. The summed E-state index contributed by atoms with van der Waals surface area (Å²) in [7, 11) is 0. The van der Waals surface area contributed by atoms with Crippen molar-refractivity contribution in [1.82, 2.24) is 15.0 Å². The van der Waals surface area contributed by atoms with Crippen molar-refractivity contribution < 1.29 is 0 Å². The van der Waals surface area contributed by atoms with E-state index in [1.807, 2.05) is 36.4 Å². The molecule has 9 rings (SSSR count). The van der Waals surface area contributed by atoms with Crippen LogP contribution in [0.4, 0.5) is 0 Å². The second kappa shape index (κ2) is 15.2. The van der Waals surface area contributed by atoms with E-state index >= 15 is 0 Å². The summed E-state index contributed by atoms with van der Waals surface area (Å²) in [5.41, 5.74) is 14.6. The van der Waals surface area contributed by atoms with Crippen molar-refractivity contribution >= 4 is 5.57 Å². The third-order valence-electron chi connectivity index (χ3n) is 10.4. The third kappa shape index (κ3) is 7.08. The van der Waals surface area contributed by atoms with Gasteiger partial charge in [0.15, 0.2) is 17.5 Å². The summed E-state index contributed by atoms with van der Waals surface area (Å²) in [6, 6.07) is 64.2. The van der Waals surface area contributed by atoms with Crippen LogP contribution < -0.4 is 0 Å². The molecule has 1 aliphatic rings. The average Bonchev–Trinajstić information content (AvgIpc) is 3.27. The van der Waals surface area contributed by atoms with Crippen molar-refractivity contribution in [3.8, 4) is 78.7 Å². The number of nitrogens with zero attached hydrogens (tertiary/aromatic N) is 3. The number of aromatic nitrogens is 3. The van der Waals surface area contributed by atoms with Gasteiger partial charge in [0, 0.05) is 16.7 Å². The summed E-state index contributed by atoms with van der Waals surface area (Å²) in [4.78, 5) is 15.4. The Labute approximate surface area is 323 Å². The number of hydrogen-bond acceptors (Lipinski definition) is 3. The SMILES string of the molecule is CC1CC=CC=C1c1cc(-c2nc(-c3ccccc3)nc(-c3ccccc3)n2)cc(-c2cc(-c3ccccc3)c(-c3ccccc3)cc2-c2ccccc2)c1. The van der Waals surface area contributed by atoms with Crippen LogP contribution in [0.25, 0.3) is 84.2 Å². The minimum absolute atomic E-state index is 0.361. The van der Waals surface area contributed by atoms with Crippen LogP contribution >= 0.6 is 0 Å². The molecule has 0 fully saturated rings. The smallest absolute Gasteiger partial charge is 0.164 e. The minimum Gasteiger partial charge on any atom is -0.208 e. The van der Waals surface area contributed by atoms with Gasteiger partial charge >= 0.3 is 0 Å². The average molecular weight is 706 g/mol. The molecule has 3 nitrogen and oxygen atoms in total. The Morgan fingerprint density at radius 3 is 1.13 bits per heavy atom. The lowest BCUT2D eigenvalue weighted by molar-refractivity contribution is 0.758. The van der Waals surface area contributed by atoms with Gasteiger partial charge in [-0.1, -0.05) is 177 Å². The van der Waals surface area contributed by atoms with Crippen molar-refractivity contribution in [2.24, 2.45) is 5.92 Å². The van der Waals surface area contributed by atoms with Crippen LogP contribution in [0.15, 0.2) is 200 Å². The molecule has 8 aromatic rings. The monoisotopic (exact) mass is 705 g/mol. The highest BCUT2D eigenvalue weighted by molar-refractivity contribution is 5.96. The summed E-state index contributed by atoms with van der Waals surface area (Å²) in [6.45, 7) is 2.31. The fraction of sp³-hybridized carbons (Fsp3) is 0.0577. The largest absolute Gasteiger partial charge is 0.208 e. The molecule has 0 N–H and O–H groups in total. The van der Waals surface area contributed by atoms with Gasteiger partial charge in [0.25, 0.3) is 0 Å². The van der Waals surface area contributed by atoms with Crippen LogP contribution in [-0.2, 0) is 0 Å². The third-order valence-corrected chi connectivity index (χ3v) is 10.4. The first kappa shape index (κ1) is 33.8. The first-order chi connectivity index (χ1) is 27.2. The van der Waals surface area contributed by atoms with Gasteiger partial charge in [-0.3, -0.25) is 0 Å². The fourth-order valence-electron chi connectivity index (χ4n) is 7.55. The molecule has 1 unspecified atom stereocenters. The van der Waals surface area contributed by atoms with Gasteiger partial charge in [-0.05, 0) is 98.3 Å². The van der Waals surface area contributed by atoms with E-state index in [2.05, 4.69) is 171 Å². The van der Waals surface area contributed by atoms with Gasteiger partial charge in [0.1, 0.15) is 0 Å². The molecule has 1 heterocycles. The topological polar surface area (TPSA) is 38.7 Å². The van der Waals surface area contributed by atoms with Crippen LogP contribution in [-0.4, -0.2) is 15.0 Å². The van der Waals surface area contributed by atoms with Crippen molar-refractivity contribution in [2.45, 2.75) is 13.3 Å². The summed E-state index contributed by atoms with van der Waals surface area (Å²) in [5.74, 6) is 2.29. The molecule has 0 radical (unpaired) electrons. The second-order valence-electron chi connectivity index (χ2n) is 14.1. The molecule has 3 heteroatoms. The van der Waals surface area contributed by atoms with Gasteiger partial charge in [-0.15, -0.1) is 0 Å². The van der Waals surface area contributed by atoms with Crippen molar-refractivity contribution in [2.75, 3.05) is 0 Å². The molecule has 0 amide bonds. The number of hydrogen-bond donors (Lipinski definition) is 0. The van der Waals surface area contributed by atoms with Crippen molar-refractivity contribution in [3.63, 3.8) is 0 Å². The lowest BCUT2D eigenvalue weighted by Crippen LogP contribution is -2.03. The lowest BCUT2D eigenvalue weighted by Gasteiger charge is -2.22. The maximum atomic E-state index is 5.18. The zero-order chi connectivity index (χ0) is 37.0. The van der Waals surface area contributed by atoms with E-state index in [9.17, 15) is 0 Å². The zero-order valence-electron chi connectivity index (χ0n) is 30.7. The number of allylic oxidation sites excluding steroid dienone is 4. The van der Waals surface area contributed by atoms with Crippen LogP contribution in [0.1, 0.15) is 18.9 Å². The minimum atomic E-state index is 0.361. The Balaban J connectivity index is 1.34. The summed E-state index contributed by atoms with van der Waals surface area (Å²) in [5, 5.41) is 0. The van der Waals surface area contributed by atoms with E-state index in [0.29, 0.717) is 23.4 Å². The maximum absolute atomic E-state index is 5.18. The molecule has 0 bridgehead atoms. The Kier molecular flexibility index (Phi) is 9.34. The van der Waals surface area contributed by atoms with E-state index in [1.54, 1.807) is 0 Å². The predicted octanol–water partition coefficient (Wildman–Crippen LogP) is 13.5. The van der Waals surface area contributed by atoms with Gasteiger partial charge < -0.3 is 0 Å². The number of benzene rings is 7. The highest BCUT2D eigenvalue weighted by atomic mass is 15.0. The van der Waals surface area contributed by atoms with E-state index in [1.165, 1.54) is 39.0 Å². The predicted molar refractivity (Wildman–Crippen MR) is 229 cm³/mol. The molecule has 1 atom stereocenters. The van der Waals surface area contributed by atoms with Gasteiger partial charge in [0.05, 0.1) is 0 Å². The molecule has 1 aliphatic carbocycles. The van der Waals surface area contributed by atoms with Gasteiger partial charge in [-0.25, -0.2) is 15.0 Å². The standard InChI is InChI=1S/C52H39N3/c1-36-19-17-18-30-45(36)42-31-43(33-44(32-42)52-54-50(40-26-13-5-14-27-40)53-51(55-52)41-28-15-6-16-29-41)49-35-47(38-22-9-3-10-23-38)46(37-20-7-2-8-21-37)34-48(49)39-24-11-4-12-25-39/h2-18,20-36H,19H2,1H3. The first-order valence-electron chi connectivity index (χ1n) is 18.9. The molecular formula is C52H39N3. The normalized spacial score (nSPS) is 13.7. The molecule has 1 aromatic heterocycles. The van der Waals surface area contributed by atoms with Crippen molar-refractivity contribution in [3.05, 3.63) is 206 Å². The van der Waals surface area contributed by atoms with Crippen LogP contribution in [0.3, 0.4) is 0 Å². The quantitative estimate of drug-likeness (QED) is 0.158. The van der Waals surface area contributed by atoms with Crippen molar-refractivity contribution in [1.29, 1.82) is 0 Å². The Morgan fingerprint density at radius 2 is 0.709 bits per heavy atom. The van der Waals surface area contributed by atoms with E-state index in [4.69, 9.17) is 15.0 Å². The van der Waals surface area contributed by atoms with E-state index in [-0.39, 0.29) is 0 Å². The van der Waals surface area contributed by atoms with Crippen LogP contribution in [0, 0.1) is 5.92 Å². The summed E-state index contributed by atoms with van der Waals surface area (Å²) in [6.07, 6.45) is 7.70. The summed E-state index contributed by atoms with van der Waals surface area (Å²) < 4.78 is 0. The Bertz CT molecular complexity index is 2590. The highest BCUT2D eigenvalue weighted by Gasteiger charge is 2.21. The van der Waals surface area contributed by atoms with Crippen LogP contribution in [0.2, 0.25) is 0 Å². The summed E-state index contributed by atoms with van der Waals surface area (Å²) >= 11 is 0. The Hall–Kier alpha value is -6.97. The van der Waals surface area contributed by atoms with Crippen LogP contribution in [0.5, 0.6) is 0 Å². The molecule has 55 heavy (non-hydrogen) atoms. The van der Waals surface area contributed by atoms with Gasteiger partial charge in [-0.2, -0.15) is 0 Å². The zero-order valence-corrected chi connectivity index (χ0v) is 30.7. The molecule has 0 saturated carbocycles. The molecular weight excluding hydrogens is 667 g/mol. The first-order valence-corrected chi connectivity index (χ1v) is 18.9. The highest BCUT2D eigenvalue weighted by Crippen LogP contribution is 2.44.